The summed E-state index contributed by atoms with van der Waals surface area (Å²) in [6, 6.07) is 11.8. The van der Waals surface area contributed by atoms with Gasteiger partial charge in [0, 0.05) is 18.0 Å². The average Bonchev–Trinajstić information content (AvgIpc) is 3.29. The monoisotopic (exact) mass is 327 g/mol. The van der Waals surface area contributed by atoms with Crippen molar-refractivity contribution in [3.05, 3.63) is 47.6 Å². The van der Waals surface area contributed by atoms with E-state index in [9.17, 15) is 0 Å². The largest absolute Gasteiger partial charge is 0.369 e. The van der Waals surface area contributed by atoms with E-state index in [1.807, 2.05) is 13.8 Å². The number of fused-ring (bicyclic) bond motifs is 1. The van der Waals surface area contributed by atoms with E-state index in [1.54, 1.807) is 0 Å². The van der Waals surface area contributed by atoms with Crippen LogP contribution in [0.1, 0.15) is 62.3 Å². The summed E-state index contributed by atoms with van der Waals surface area (Å²) in [6.45, 7) is 5.58. The van der Waals surface area contributed by atoms with Crippen LogP contribution < -0.4 is 0 Å². The van der Waals surface area contributed by atoms with Gasteiger partial charge in [0.05, 0.1) is 6.10 Å². The molecule has 5 nitrogen and oxygen atoms in total. The Morgan fingerprint density at radius 3 is 2.92 bits per heavy atom. The van der Waals surface area contributed by atoms with Crippen molar-refractivity contribution >= 4 is 0 Å². The van der Waals surface area contributed by atoms with Crippen LogP contribution in [-0.2, 0) is 11.3 Å². The first-order valence-corrected chi connectivity index (χ1v) is 8.97. The fraction of sp³-hybridized carbons (Fsp3) is 0.579. The highest BCUT2D eigenvalue weighted by Gasteiger charge is 2.46. The van der Waals surface area contributed by atoms with E-state index in [0.717, 1.165) is 12.2 Å². The molecule has 0 N–H and O–H groups in total. The number of rotatable bonds is 5. The first-order valence-electron chi connectivity index (χ1n) is 8.97. The summed E-state index contributed by atoms with van der Waals surface area (Å²) in [4.78, 5) is 7.26. The topological polar surface area (TPSA) is 51.4 Å². The van der Waals surface area contributed by atoms with Gasteiger partial charge in [0.2, 0.25) is 0 Å². The van der Waals surface area contributed by atoms with Crippen LogP contribution in [0.3, 0.4) is 0 Å². The maximum absolute atomic E-state index is 5.57. The van der Waals surface area contributed by atoms with Gasteiger partial charge in [-0.15, -0.1) is 0 Å². The Kier molecular flexibility index (Phi) is 4.37. The summed E-state index contributed by atoms with van der Waals surface area (Å²) < 4.78 is 11.0. The number of benzene rings is 1. The number of ether oxygens (including phenoxy) is 1. The van der Waals surface area contributed by atoms with Gasteiger partial charge in [0.1, 0.15) is 6.61 Å². The molecule has 1 aromatic carbocycles. The van der Waals surface area contributed by atoms with Crippen molar-refractivity contribution < 1.29 is 9.26 Å². The van der Waals surface area contributed by atoms with Gasteiger partial charge in [-0.3, -0.25) is 4.90 Å². The van der Waals surface area contributed by atoms with E-state index in [2.05, 4.69) is 45.4 Å². The van der Waals surface area contributed by atoms with Crippen molar-refractivity contribution in [3.8, 4) is 0 Å². The molecule has 4 rings (SSSR count). The minimum Gasteiger partial charge on any atom is -0.369 e. The normalized spacial score (nSPS) is 27.0. The Morgan fingerprint density at radius 1 is 1.29 bits per heavy atom. The summed E-state index contributed by atoms with van der Waals surface area (Å²) >= 11 is 0. The van der Waals surface area contributed by atoms with Crippen LogP contribution in [-0.4, -0.2) is 33.7 Å². The van der Waals surface area contributed by atoms with Crippen molar-refractivity contribution in [2.75, 3.05) is 6.54 Å². The summed E-state index contributed by atoms with van der Waals surface area (Å²) in [5.74, 6) is 1.80. The molecule has 0 spiro atoms. The van der Waals surface area contributed by atoms with Gasteiger partial charge in [-0.1, -0.05) is 35.5 Å². The number of hydrogen-bond donors (Lipinski definition) is 0. The number of hydrogen-bond acceptors (Lipinski definition) is 5. The second-order valence-electron chi connectivity index (χ2n) is 7.12. The van der Waals surface area contributed by atoms with Crippen LogP contribution in [0.5, 0.6) is 0 Å². The second-order valence-corrected chi connectivity index (χ2v) is 7.12. The minimum absolute atomic E-state index is 0.166. The number of aromatic nitrogens is 2. The quantitative estimate of drug-likeness (QED) is 0.838. The van der Waals surface area contributed by atoms with Gasteiger partial charge in [-0.25, -0.2) is 0 Å². The van der Waals surface area contributed by atoms with Gasteiger partial charge in [0.25, 0.3) is 5.89 Å². The lowest BCUT2D eigenvalue weighted by Gasteiger charge is -2.24. The smallest absolute Gasteiger partial charge is 0.252 e. The Labute approximate surface area is 143 Å². The first kappa shape index (κ1) is 15.8. The van der Waals surface area contributed by atoms with Gasteiger partial charge >= 0.3 is 0 Å². The van der Waals surface area contributed by atoms with Gasteiger partial charge in [0.15, 0.2) is 5.82 Å². The van der Waals surface area contributed by atoms with Gasteiger partial charge in [-0.2, -0.15) is 4.98 Å². The highest BCUT2D eigenvalue weighted by atomic mass is 16.5. The fourth-order valence-corrected chi connectivity index (χ4v) is 4.16. The van der Waals surface area contributed by atoms with Crippen LogP contribution in [0, 0.1) is 0 Å². The summed E-state index contributed by atoms with van der Waals surface area (Å²) in [6.07, 6.45) is 3.71. The van der Waals surface area contributed by atoms with Crippen LogP contribution >= 0.6 is 0 Å². The molecule has 0 radical (unpaired) electrons. The van der Waals surface area contributed by atoms with E-state index in [1.165, 1.54) is 24.9 Å². The van der Waals surface area contributed by atoms with Crippen LogP contribution in [0.2, 0.25) is 0 Å². The third-order valence-electron chi connectivity index (χ3n) is 5.22. The molecule has 1 aromatic heterocycles. The molecule has 0 aliphatic carbocycles. The molecule has 2 aromatic rings. The molecule has 2 aliphatic rings. The van der Waals surface area contributed by atoms with Crippen molar-refractivity contribution in [2.45, 2.75) is 63.8 Å². The first-order chi connectivity index (χ1) is 11.7. The predicted octanol–water partition coefficient (Wildman–Crippen LogP) is 3.69. The minimum atomic E-state index is 0.166. The average molecular weight is 327 g/mol. The zero-order valence-corrected chi connectivity index (χ0v) is 14.4. The molecule has 2 fully saturated rings. The Morgan fingerprint density at radius 2 is 2.12 bits per heavy atom. The van der Waals surface area contributed by atoms with Crippen molar-refractivity contribution in [1.82, 2.24) is 15.0 Å². The molecule has 24 heavy (non-hydrogen) atoms. The molecule has 2 saturated heterocycles. The van der Waals surface area contributed by atoms with Crippen LogP contribution in [0.25, 0.3) is 0 Å². The zero-order chi connectivity index (χ0) is 16.5. The summed E-state index contributed by atoms with van der Waals surface area (Å²) in [5.41, 5.74) is 1.40. The van der Waals surface area contributed by atoms with Crippen LogP contribution in [0.15, 0.2) is 34.9 Å². The van der Waals surface area contributed by atoms with Crippen molar-refractivity contribution in [1.29, 1.82) is 0 Å². The van der Waals surface area contributed by atoms with E-state index in [0.29, 0.717) is 30.5 Å². The molecule has 3 atom stereocenters. The molecule has 3 heterocycles. The molecular weight excluding hydrogens is 302 g/mol. The Bertz CT molecular complexity index is 670. The lowest BCUT2D eigenvalue weighted by atomic mass is 9.94. The van der Waals surface area contributed by atoms with Gasteiger partial charge < -0.3 is 9.26 Å². The maximum Gasteiger partial charge on any atom is 0.252 e. The van der Waals surface area contributed by atoms with E-state index >= 15 is 0 Å². The SMILES string of the molecule is CC(C)OCc1nc([C@H]2C[C@@H](c3ccccc3)N3CCC[C@H]23)no1. The van der Waals surface area contributed by atoms with E-state index in [-0.39, 0.29) is 6.10 Å². The Balaban J connectivity index is 1.53. The third kappa shape index (κ3) is 2.98. The molecule has 0 unspecified atom stereocenters. The molecule has 2 aliphatic heterocycles. The molecule has 5 heteroatoms. The second kappa shape index (κ2) is 6.65. The number of nitrogens with zero attached hydrogens (tertiary/aromatic N) is 3. The summed E-state index contributed by atoms with van der Waals surface area (Å²) in [5, 5.41) is 4.27. The van der Waals surface area contributed by atoms with E-state index < -0.39 is 0 Å². The predicted molar refractivity (Wildman–Crippen MR) is 90.5 cm³/mol. The van der Waals surface area contributed by atoms with E-state index in [4.69, 9.17) is 9.26 Å². The van der Waals surface area contributed by atoms with Crippen LogP contribution in [0.4, 0.5) is 0 Å². The maximum atomic E-state index is 5.57. The zero-order valence-electron chi connectivity index (χ0n) is 14.4. The lowest BCUT2D eigenvalue weighted by molar-refractivity contribution is 0.0485. The van der Waals surface area contributed by atoms with Crippen molar-refractivity contribution in [2.24, 2.45) is 0 Å². The molecule has 0 saturated carbocycles. The highest BCUT2D eigenvalue weighted by Crippen LogP contribution is 2.48. The Hall–Kier alpha value is -1.72. The molecule has 128 valence electrons. The molecule has 0 amide bonds. The fourth-order valence-electron chi connectivity index (χ4n) is 4.16. The van der Waals surface area contributed by atoms with Gasteiger partial charge in [-0.05, 0) is 45.2 Å². The van der Waals surface area contributed by atoms with Crippen molar-refractivity contribution in [3.63, 3.8) is 0 Å². The molecule has 0 bridgehead atoms. The highest BCUT2D eigenvalue weighted by molar-refractivity contribution is 5.24. The lowest BCUT2D eigenvalue weighted by Crippen LogP contribution is -2.27. The molecular formula is C19H25N3O2. The standard InChI is InChI=1S/C19H25N3O2/c1-13(2)23-12-18-20-19(21-24-18)15-11-17(14-7-4-3-5-8-14)22-10-6-9-16(15)22/h3-5,7-8,13,15-17H,6,9-12H2,1-2H3/t15-,16+,17-/m0/s1. The summed E-state index contributed by atoms with van der Waals surface area (Å²) in [7, 11) is 0. The third-order valence-corrected chi connectivity index (χ3v) is 5.22.